The molecule has 3 heterocycles. The third-order valence-corrected chi connectivity index (χ3v) is 6.30. The molecule has 0 saturated carbocycles. The van der Waals surface area contributed by atoms with Gasteiger partial charge in [-0.15, -0.1) is 0 Å². The fourth-order valence-corrected chi connectivity index (χ4v) is 4.38. The van der Waals surface area contributed by atoms with Crippen molar-refractivity contribution in [2.24, 2.45) is 5.92 Å². The molecule has 2 aromatic rings. The first kappa shape index (κ1) is 23.4. The van der Waals surface area contributed by atoms with Gasteiger partial charge in [-0.05, 0) is 42.0 Å². The van der Waals surface area contributed by atoms with Gasteiger partial charge < -0.3 is 14.1 Å². The number of ether oxygens (including phenoxy) is 1. The van der Waals surface area contributed by atoms with Crippen molar-refractivity contribution in [2.75, 3.05) is 19.7 Å². The van der Waals surface area contributed by atoms with Gasteiger partial charge in [0.25, 0.3) is 0 Å². The van der Waals surface area contributed by atoms with E-state index in [1.54, 1.807) is 0 Å². The second-order valence-corrected chi connectivity index (χ2v) is 8.69. The lowest BCUT2D eigenvalue weighted by Crippen LogP contribution is -2.39. The van der Waals surface area contributed by atoms with Crippen LogP contribution in [0.15, 0.2) is 39.7 Å². The Morgan fingerprint density at radius 2 is 1.88 bits per heavy atom. The first-order valence-electron chi connectivity index (χ1n) is 11.2. The number of piperidine rings is 1. The zero-order valence-corrected chi connectivity index (χ0v) is 18.5. The van der Waals surface area contributed by atoms with E-state index in [0.29, 0.717) is 57.1 Å². The quantitative estimate of drug-likeness (QED) is 0.641. The highest BCUT2D eigenvalue weighted by molar-refractivity contribution is 5.75. The summed E-state index contributed by atoms with van der Waals surface area (Å²) in [5, 5.41) is 0. The molecular weight excluding hydrogens is 437 g/mol. The zero-order valence-electron chi connectivity index (χ0n) is 18.5. The molecule has 0 N–H and O–H groups in total. The van der Waals surface area contributed by atoms with Gasteiger partial charge >= 0.3 is 6.18 Å². The van der Waals surface area contributed by atoms with E-state index in [1.165, 1.54) is 24.5 Å². The molecule has 0 aliphatic carbocycles. The highest BCUT2D eigenvalue weighted by atomic mass is 19.4. The standard InChI is InChI=1S/C24H27F3N2O4/c1-2-23(31)29-7-5-16(6-8-29)14-33-22-15-32-20(10-21(22)30)13-28-11-17-3-4-19(24(25,26)27)9-18(17)12-28/h3-4,9-10,15-16H,2,5-8,11-14H2,1H3. The van der Waals surface area contributed by atoms with Gasteiger partial charge in [0.2, 0.25) is 17.1 Å². The second-order valence-electron chi connectivity index (χ2n) is 8.69. The largest absolute Gasteiger partial charge is 0.486 e. The van der Waals surface area contributed by atoms with Crippen LogP contribution in [-0.4, -0.2) is 35.4 Å². The van der Waals surface area contributed by atoms with Crippen LogP contribution in [0.1, 0.15) is 48.6 Å². The number of fused-ring (bicyclic) bond motifs is 1. The van der Waals surface area contributed by atoms with Crippen molar-refractivity contribution in [3.63, 3.8) is 0 Å². The Kier molecular flexibility index (Phi) is 6.78. The van der Waals surface area contributed by atoms with E-state index in [0.717, 1.165) is 24.5 Å². The lowest BCUT2D eigenvalue weighted by atomic mass is 9.97. The molecule has 6 nitrogen and oxygen atoms in total. The van der Waals surface area contributed by atoms with Crippen LogP contribution in [0, 0.1) is 5.92 Å². The van der Waals surface area contributed by atoms with E-state index in [2.05, 4.69) is 0 Å². The van der Waals surface area contributed by atoms with Crippen LogP contribution < -0.4 is 10.2 Å². The number of hydrogen-bond acceptors (Lipinski definition) is 5. The average molecular weight is 464 g/mol. The molecule has 1 aromatic carbocycles. The van der Waals surface area contributed by atoms with Crippen LogP contribution in [0.5, 0.6) is 5.75 Å². The molecule has 0 radical (unpaired) electrons. The van der Waals surface area contributed by atoms with Crippen molar-refractivity contribution in [3.8, 4) is 5.75 Å². The Morgan fingerprint density at radius 1 is 1.15 bits per heavy atom. The van der Waals surface area contributed by atoms with Gasteiger partial charge in [-0.3, -0.25) is 14.5 Å². The van der Waals surface area contributed by atoms with Crippen molar-refractivity contribution >= 4 is 5.91 Å². The lowest BCUT2D eigenvalue weighted by molar-refractivity contribution is -0.137. The van der Waals surface area contributed by atoms with Gasteiger partial charge in [-0.1, -0.05) is 13.0 Å². The van der Waals surface area contributed by atoms with Crippen LogP contribution >= 0.6 is 0 Å². The minimum absolute atomic E-state index is 0.144. The SMILES string of the molecule is CCC(=O)N1CCC(COc2coc(CN3Cc4ccc(C(F)(F)F)cc4C3)cc2=O)CC1. The van der Waals surface area contributed by atoms with Gasteiger partial charge in [0.1, 0.15) is 12.0 Å². The highest BCUT2D eigenvalue weighted by Gasteiger charge is 2.32. The summed E-state index contributed by atoms with van der Waals surface area (Å²) in [6.07, 6.45) is -0.887. The predicted octanol–water partition coefficient (Wildman–Crippen LogP) is 4.20. The maximum absolute atomic E-state index is 12.9. The number of carbonyl (C=O) groups is 1. The van der Waals surface area contributed by atoms with E-state index >= 15 is 0 Å². The number of halogens is 3. The van der Waals surface area contributed by atoms with Gasteiger partial charge in [0.05, 0.1) is 18.7 Å². The Hall–Kier alpha value is -2.81. The Labute approximate surface area is 189 Å². The van der Waals surface area contributed by atoms with Gasteiger partial charge in [-0.2, -0.15) is 13.2 Å². The van der Waals surface area contributed by atoms with Gasteiger partial charge in [-0.25, -0.2) is 0 Å². The summed E-state index contributed by atoms with van der Waals surface area (Å²) in [4.78, 5) is 28.0. The highest BCUT2D eigenvalue weighted by Crippen LogP contribution is 2.33. The number of nitrogens with zero attached hydrogens (tertiary/aromatic N) is 2. The number of carbonyl (C=O) groups excluding carboxylic acids is 1. The molecule has 0 spiro atoms. The zero-order chi connectivity index (χ0) is 23.6. The molecule has 0 atom stereocenters. The summed E-state index contributed by atoms with van der Waals surface area (Å²) in [5.74, 6) is 1.01. The number of rotatable bonds is 6. The molecule has 33 heavy (non-hydrogen) atoms. The monoisotopic (exact) mass is 464 g/mol. The number of alkyl halides is 3. The van der Waals surface area contributed by atoms with E-state index in [4.69, 9.17) is 9.15 Å². The van der Waals surface area contributed by atoms with Crippen LogP contribution in [0.4, 0.5) is 13.2 Å². The fraction of sp³-hybridized carbons (Fsp3) is 0.500. The molecule has 2 aliphatic heterocycles. The molecular formula is C24H27F3N2O4. The Bertz CT molecular complexity index is 1060. The van der Waals surface area contributed by atoms with E-state index < -0.39 is 11.7 Å². The molecule has 1 aromatic heterocycles. The van der Waals surface area contributed by atoms with Crippen LogP contribution in [0.25, 0.3) is 0 Å². The van der Waals surface area contributed by atoms with Crippen molar-refractivity contribution in [3.05, 3.63) is 63.2 Å². The topological polar surface area (TPSA) is 63.0 Å². The fourth-order valence-electron chi connectivity index (χ4n) is 4.38. The van der Waals surface area contributed by atoms with Crippen LogP contribution in [-0.2, 0) is 30.6 Å². The molecule has 2 aliphatic rings. The van der Waals surface area contributed by atoms with Crippen molar-refractivity contribution in [1.82, 2.24) is 9.80 Å². The third-order valence-electron chi connectivity index (χ3n) is 6.30. The predicted molar refractivity (Wildman–Crippen MR) is 114 cm³/mol. The van der Waals surface area contributed by atoms with E-state index in [1.807, 2.05) is 16.7 Å². The van der Waals surface area contributed by atoms with Gasteiger partial charge in [0.15, 0.2) is 0 Å². The second kappa shape index (κ2) is 9.59. The third kappa shape index (κ3) is 5.58. The van der Waals surface area contributed by atoms with Crippen molar-refractivity contribution < 1.29 is 27.1 Å². The molecule has 1 fully saturated rings. The molecule has 4 rings (SSSR count). The Morgan fingerprint density at radius 3 is 2.55 bits per heavy atom. The molecule has 9 heteroatoms. The van der Waals surface area contributed by atoms with Crippen LogP contribution in [0.3, 0.4) is 0 Å². The summed E-state index contributed by atoms with van der Waals surface area (Å²) in [6, 6.07) is 5.17. The van der Waals surface area contributed by atoms with Crippen molar-refractivity contribution in [1.29, 1.82) is 0 Å². The minimum Gasteiger partial charge on any atom is -0.486 e. The Balaban J connectivity index is 1.29. The van der Waals surface area contributed by atoms with Crippen LogP contribution in [0.2, 0.25) is 0 Å². The van der Waals surface area contributed by atoms with E-state index in [9.17, 15) is 22.8 Å². The van der Waals surface area contributed by atoms with Crippen molar-refractivity contribution in [2.45, 2.75) is 52.0 Å². The number of likely N-dealkylation sites (tertiary alicyclic amines) is 1. The summed E-state index contributed by atoms with van der Waals surface area (Å²) >= 11 is 0. The summed E-state index contributed by atoms with van der Waals surface area (Å²) in [7, 11) is 0. The first-order valence-corrected chi connectivity index (χ1v) is 11.2. The maximum Gasteiger partial charge on any atom is 0.416 e. The number of amides is 1. The summed E-state index contributed by atoms with van der Waals surface area (Å²) in [6.45, 7) is 4.83. The molecule has 0 unspecified atom stereocenters. The minimum atomic E-state index is -4.37. The average Bonchev–Trinajstić information content (AvgIpc) is 3.19. The lowest BCUT2D eigenvalue weighted by Gasteiger charge is -2.31. The van der Waals surface area contributed by atoms with Gasteiger partial charge in [0, 0.05) is 38.7 Å². The molecule has 1 amide bonds. The number of benzene rings is 1. The molecule has 1 saturated heterocycles. The summed E-state index contributed by atoms with van der Waals surface area (Å²) < 4.78 is 50.1. The molecule has 0 bridgehead atoms. The molecule has 178 valence electrons. The smallest absolute Gasteiger partial charge is 0.416 e. The maximum atomic E-state index is 12.9. The summed E-state index contributed by atoms with van der Waals surface area (Å²) in [5.41, 5.74) is 0.542. The first-order chi connectivity index (χ1) is 15.7. The normalized spacial score (nSPS) is 17.3. The van der Waals surface area contributed by atoms with E-state index in [-0.39, 0.29) is 23.0 Å². The number of hydrogen-bond donors (Lipinski definition) is 0.